The van der Waals surface area contributed by atoms with E-state index >= 15 is 0 Å². The Labute approximate surface area is 171 Å². The zero-order valence-corrected chi connectivity index (χ0v) is 17.4. The molecule has 0 aliphatic carbocycles. The average molecular weight is 425 g/mol. The van der Waals surface area contributed by atoms with E-state index in [4.69, 9.17) is 9.47 Å². The van der Waals surface area contributed by atoms with Crippen molar-refractivity contribution in [1.29, 1.82) is 0 Å². The van der Waals surface area contributed by atoms with Crippen LogP contribution in [0.2, 0.25) is 0 Å². The highest BCUT2D eigenvalue weighted by molar-refractivity contribution is 8.24. The molecule has 10 heteroatoms. The number of nitrogens with zero attached hydrogens (tertiary/aromatic N) is 3. The fraction of sp³-hybridized carbons (Fsp3) is 0.579. The topological polar surface area (TPSA) is 109 Å². The van der Waals surface area contributed by atoms with Crippen LogP contribution < -0.4 is 10.1 Å². The van der Waals surface area contributed by atoms with Crippen LogP contribution in [0, 0.1) is 0 Å². The van der Waals surface area contributed by atoms with Crippen LogP contribution in [-0.2, 0) is 11.3 Å². The Hall–Kier alpha value is -1.85. The fourth-order valence-electron chi connectivity index (χ4n) is 3.95. The molecule has 2 aliphatic heterocycles. The summed E-state index contributed by atoms with van der Waals surface area (Å²) in [5.74, 6) is 0.916. The molecular formula is C19H28N4O5S. The van der Waals surface area contributed by atoms with Crippen LogP contribution >= 0.6 is 10.6 Å². The summed E-state index contributed by atoms with van der Waals surface area (Å²) in [7, 11) is -0.960. The van der Waals surface area contributed by atoms with Gasteiger partial charge >= 0.3 is 0 Å². The van der Waals surface area contributed by atoms with Crippen LogP contribution in [0.25, 0.3) is 10.9 Å². The van der Waals surface area contributed by atoms with E-state index in [2.05, 4.69) is 15.3 Å². The number of hydrogen-bond acceptors (Lipinski definition) is 7. The summed E-state index contributed by atoms with van der Waals surface area (Å²) in [5, 5.41) is 8.26. The van der Waals surface area contributed by atoms with E-state index in [1.54, 1.807) is 7.11 Å². The lowest BCUT2D eigenvalue weighted by Gasteiger charge is -2.26. The molecule has 0 radical (unpaired) electrons. The van der Waals surface area contributed by atoms with Gasteiger partial charge in [0.2, 0.25) is 0 Å². The van der Waals surface area contributed by atoms with Crippen LogP contribution in [0.15, 0.2) is 18.2 Å². The highest BCUT2D eigenvalue weighted by Gasteiger charge is 2.31. The molecule has 1 aromatic carbocycles. The van der Waals surface area contributed by atoms with E-state index < -0.39 is 10.6 Å². The molecule has 2 aromatic rings. The van der Waals surface area contributed by atoms with Gasteiger partial charge in [-0.05, 0) is 12.5 Å². The normalized spacial score (nSPS) is 23.2. The Morgan fingerprint density at radius 2 is 2.14 bits per heavy atom. The zero-order chi connectivity index (χ0) is 20.4. The third-order valence-electron chi connectivity index (χ3n) is 5.50. The van der Waals surface area contributed by atoms with Crippen LogP contribution in [-0.4, -0.2) is 87.2 Å². The number of para-hydroxylation sites is 1. The van der Waals surface area contributed by atoms with E-state index in [-0.39, 0.29) is 17.7 Å². The molecule has 3 N–H and O–H groups in total. The van der Waals surface area contributed by atoms with Crippen molar-refractivity contribution in [3.8, 4) is 5.75 Å². The quantitative estimate of drug-likeness (QED) is 0.647. The van der Waals surface area contributed by atoms with Gasteiger partial charge in [0.1, 0.15) is 11.3 Å². The van der Waals surface area contributed by atoms with Crippen LogP contribution in [0.5, 0.6) is 5.75 Å². The maximum atomic E-state index is 12.9. The summed E-state index contributed by atoms with van der Waals surface area (Å²) in [5.41, 5.74) is 1.13. The van der Waals surface area contributed by atoms with Gasteiger partial charge in [0.15, 0.2) is 5.69 Å². The van der Waals surface area contributed by atoms with Crippen molar-refractivity contribution in [3.63, 3.8) is 0 Å². The molecule has 1 aromatic heterocycles. The number of carbonyl (C=O) groups is 1. The smallest absolute Gasteiger partial charge is 0.272 e. The number of amides is 1. The molecule has 1 amide bonds. The Kier molecular flexibility index (Phi) is 5.98. The summed E-state index contributed by atoms with van der Waals surface area (Å²) in [4.78, 5) is 15.3. The first-order valence-electron chi connectivity index (χ1n) is 9.85. The molecule has 1 atom stereocenters. The number of nitrogens with one attached hydrogen (secondary N) is 1. The third kappa shape index (κ3) is 4.51. The van der Waals surface area contributed by atoms with Crippen LogP contribution in [0.4, 0.5) is 0 Å². The molecule has 4 rings (SSSR count). The van der Waals surface area contributed by atoms with Gasteiger partial charge in [-0.3, -0.25) is 23.5 Å². The second-order valence-electron chi connectivity index (χ2n) is 7.51. The average Bonchev–Trinajstić information content (AvgIpc) is 3.26. The van der Waals surface area contributed by atoms with E-state index in [1.165, 1.54) is 0 Å². The highest BCUT2D eigenvalue weighted by Crippen LogP contribution is 2.45. The molecular weight excluding hydrogens is 396 g/mol. The minimum Gasteiger partial charge on any atom is -0.494 e. The number of rotatable bonds is 6. The number of methoxy groups -OCH3 is 1. The number of aromatic nitrogens is 2. The molecule has 0 spiro atoms. The lowest BCUT2D eigenvalue weighted by Crippen LogP contribution is -2.38. The minimum atomic E-state index is -2.57. The van der Waals surface area contributed by atoms with Gasteiger partial charge in [-0.1, -0.05) is 12.1 Å². The van der Waals surface area contributed by atoms with Crippen molar-refractivity contribution >= 4 is 27.4 Å². The van der Waals surface area contributed by atoms with Crippen molar-refractivity contribution in [2.75, 3.05) is 51.5 Å². The first kappa shape index (κ1) is 20.4. The zero-order valence-electron chi connectivity index (χ0n) is 16.5. The second kappa shape index (κ2) is 8.49. The first-order valence-corrected chi connectivity index (χ1v) is 11.7. The predicted octanol–water partition coefficient (Wildman–Crippen LogP) is 1.63. The third-order valence-corrected chi connectivity index (χ3v) is 7.32. The summed E-state index contributed by atoms with van der Waals surface area (Å²) >= 11 is 0. The van der Waals surface area contributed by atoms with Gasteiger partial charge in [0, 0.05) is 36.8 Å². The van der Waals surface area contributed by atoms with Gasteiger partial charge in [-0.15, -0.1) is 0 Å². The summed E-state index contributed by atoms with van der Waals surface area (Å²) in [6, 6.07) is 5.33. The Balaban J connectivity index is 1.57. The summed E-state index contributed by atoms with van der Waals surface area (Å²) < 4.78 is 32.4. The fourth-order valence-corrected chi connectivity index (χ4v) is 5.67. The molecule has 29 heavy (non-hydrogen) atoms. The molecule has 9 nitrogen and oxygen atoms in total. The molecule has 0 bridgehead atoms. The van der Waals surface area contributed by atoms with Gasteiger partial charge in [-0.25, -0.2) is 0 Å². The SMILES string of the molecule is COc1cccc2c(C(=O)NC3CCS(O)(O)C3)nn(CCN3CCOCC3)c12. The van der Waals surface area contributed by atoms with Crippen LogP contribution in [0.3, 0.4) is 0 Å². The molecule has 2 fully saturated rings. The van der Waals surface area contributed by atoms with Crippen molar-refractivity contribution in [2.45, 2.75) is 19.0 Å². The second-order valence-corrected chi connectivity index (χ2v) is 9.86. The molecule has 3 heterocycles. The van der Waals surface area contributed by atoms with E-state index in [9.17, 15) is 13.9 Å². The van der Waals surface area contributed by atoms with Crippen molar-refractivity contribution in [3.05, 3.63) is 23.9 Å². The lowest BCUT2D eigenvalue weighted by atomic mass is 10.1. The summed E-state index contributed by atoms with van der Waals surface area (Å²) in [6.07, 6.45) is 0.563. The lowest BCUT2D eigenvalue weighted by molar-refractivity contribution is 0.0361. The highest BCUT2D eigenvalue weighted by atomic mass is 32.3. The predicted molar refractivity (Wildman–Crippen MR) is 112 cm³/mol. The maximum absolute atomic E-state index is 12.9. The number of carbonyl (C=O) groups excluding carboxylic acids is 1. The summed E-state index contributed by atoms with van der Waals surface area (Å²) in [6.45, 7) is 4.68. The minimum absolute atomic E-state index is 0.206. The number of benzene rings is 1. The monoisotopic (exact) mass is 424 g/mol. The maximum Gasteiger partial charge on any atom is 0.272 e. The van der Waals surface area contributed by atoms with Crippen molar-refractivity contribution in [1.82, 2.24) is 20.0 Å². The van der Waals surface area contributed by atoms with Gasteiger partial charge in [0.25, 0.3) is 5.91 Å². The van der Waals surface area contributed by atoms with Crippen molar-refractivity contribution in [2.24, 2.45) is 0 Å². The van der Waals surface area contributed by atoms with Gasteiger partial charge in [-0.2, -0.15) is 15.7 Å². The molecule has 2 saturated heterocycles. The Bertz CT molecular complexity index is 881. The van der Waals surface area contributed by atoms with Gasteiger partial charge in [0.05, 0.1) is 32.6 Å². The Morgan fingerprint density at radius 1 is 1.34 bits per heavy atom. The van der Waals surface area contributed by atoms with E-state index in [1.807, 2.05) is 22.9 Å². The number of ether oxygens (including phenoxy) is 2. The van der Waals surface area contributed by atoms with Crippen LogP contribution in [0.1, 0.15) is 16.9 Å². The van der Waals surface area contributed by atoms with Crippen molar-refractivity contribution < 1.29 is 23.4 Å². The molecule has 0 saturated carbocycles. The molecule has 1 unspecified atom stereocenters. The number of fused-ring (bicyclic) bond motifs is 1. The number of hydrogen-bond donors (Lipinski definition) is 3. The van der Waals surface area contributed by atoms with E-state index in [0.717, 1.165) is 43.8 Å². The van der Waals surface area contributed by atoms with E-state index in [0.29, 0.717) is 30.2 Å². The molecule has 2 aliphatic rings. The molecule has 160 valence electrons. The Morgan fingerprint density at radius 3 is 2.83 bits per heavy atom. The first-order chi connectivity index (χ1) is 14.0. The van der Waals surface area contributed by atoms with Gasteiger partial charge < -0.3 is 14.8 Å². The largest absolute Gasteiger partial charge is 0.494 e. The number of morpholine rings is 1. The standard InChI is InChI=1S/C19H28N4O5S/c1-27-16-4-2-3-15-17(19(24)20-14-5-12-29(25,26)13-14)21-23(18(15)16)7-6-22-8-10-28-11-9-22/h2-4,14,25-26H,5-13H2,1H3,(H,20,24).